The molecule has 1 aliphatic rings. The van der Waals surface area contributed by atoms with Crippen molar-refractivity contribution >= 4 is 24.0 Å². The summed E-state index contributed by atoms with van der Waals surface area (Å²) in [7, 11) is 1.55. The van der Waals surface area contributed by atoms with Crippen LogP contribution in [-0.2, 0) is 9.53 Å². The van der Waals surface area contributed by atoms with Gasteiger partial charge in [0, 0.05) is 18.4 Å². The predicted molar refractivity (Wildman–Crippen MR) is 95.0 cm³/mol. The average molecular weight is 397 g/mol. The largest absolute Gasteiger partial charge is 0.484 e. The molecule has 0 unspecified atom stereocenters. The molecule has 2 rings (SSSR count). The number of hydrogen-bond acceptors (Lipinski definition) is 4. The van der Waals surface area contributed by atoms with Crippen LogP contribution >= 0.6 is 12.4 Å². The van der Waals surface area contributed by atoms with Crippen molar-refractivity contribution in [2.45, 2.75) is 25.9 Å². The molecular weight excluding hydrogens is 373 g/mol. The molecular formula is C17H24ClF3N2O3. The zero-order chi connectivity index (χ0) is 18.5. The number of methoxy groups -OCH3 is 1. The molecule has 0 aromatic heterocycles. The highest BCUT2D eigenvalue weighted by atomic mass is 35.5. The minimum absolute atomic E-state index is 0. The van der Waals surface area contributed by atoms with Crippen LogP contribution in [-0.4, -0.2) is 45.5 Å². The van der Waals surface area contributed by atoms with E-state index < -0.39 is 18.2 Å². The van der Waals surface area contributed by atoms with E-state index in [1.807, 2.05) is 0 Å². The number of rotatable bonds is 6. The van der Waals surface area contributed by atoms with Gasteiger partial charge in [0.15, 0.2) is 6.61 Å². The molecule has 148 valence electrons. The molecule has 1 amide bonds. The second-order valence-corrected chi connectivity index (χ2v) is 6.25. The van der Waals surface area contributed by atoms with E-state index in [0.29, 0.717) is 43.8 Å². The Morgan fingerprint density at radius 2 is 1.96 bits per heavy atom. The maximum atomic E-state index is 12.8. The van der Waals surface area contributed by atoms with Crippen molar-refractivity contribution < 1.29 is 27.4 Å². The lowest BCUT2D eigenvalue weighted by atomic mass is 9.78. The maximum Gasteiger partial charge on any atom is 0.422 e. The van der Waals surface area contributed by atoms with Crippen LogP contribution < -0.4 is 15.4 Å². The smallest absolute Gasteiger partial charge is 0.422 e. The van der Waals surface area contributed by atoms with Crippen LogP contribution in [0, 0.1) is 12.3 Å². The van der Waals surface area contributed by atoms with Crippen molar-refractivity contribution in [2.24, 2.45) is 5.41 Å². The number of benzene rings is 1. The molecule has 0 saturated carbocycles. The third kappa shape index (κ3) is 5.75. The number of halogens is 4. The van der Waals surface area contributed by atoms with E-state index in [4.69, 9.17) is 9.47 Å². The van der Waals surface area contributed by atoms with Crippen LogP contribution in [0.5, 0.6) is 5.75 Å². The molecule has 1 aromatic rings. The summed E-state index contributed by atoms with van der Waals surface area (Å²) in [4.78, 5) is 12.8. The Balaban J connectivity index is 0.00000338. The van der Waals surface area contributed by atoms with Gasteiger partial charge in [-0.25, -0.2) is 0 Å². The highest BCUT2D eigenvalue weighted by molar-refractivity contribution is 5.96. The zero-order valence-corrected chi connectivity index (χ0v) is 15.6. The second kappa shape index (κ2) is 9.43. The molecule has 0 radical (unpaired) electrons. The van der Waals surface area contributed by atoms with Gasteiger partial charge in [0.05, 0.1) is 12.0 Å². The van der Waals surface area contributed by atoms with Crippen LogP contribution in [0.15, 0.2) is 18.2 Å². The minimum Gasteiger partial charge on any atom is -0.484 e. The van der Waals surface area contributed by atoms with E-state index in [-0.39, 0.29) is 24.1 Å². The summed E-state index contributed by atoms with van der Waals surface area (Å²) < 4.78 is 47.1. The number of carbonyl (C=O) groups excluding carboxylic acids is 1. The van der Waals surface area contributed by atoms with Gasteiger partial charge < -0.3 is 20.1 Å². The lowest BCUT2D eigenvalue weighted by Gasteiger charge is -2.35. The molecule has 1 saturated heterocycles. The summed E-state index contributed by atoms with van der Waals surface area (Å²) in [5.74, 6) is -0.0897. The third-order valence-electron chi connectivity index (χ3n) is 4.39. The number of anilines is 1. The fraction of sp³-hybridized carbons (Fsp3) is 0.588. The molecule has 1 aromatic carbocycles. The molecule has 0 aliphatic carbocycles. The number of hydrogen-bond donors (Lipinski definition) is 2. The lowest BCUT2D eigenvalue weighted by molar-refractivity contribution is -0.153. The first-order valence-corrected chi connectivity index (χ1v) is 8.08. The molecule has 26 heavy (non-hydrogen) atoms. The van der Waals surface area contributed by atoms with Gasteiger partial charge in [-0.3, -0.25) is 4.79 Å². The third-order valence-corrected chi connectivity index (χ3v) is 4.39. The second-order valence-electron chi connectivity index (χ2n) is 6.25. The van der Waals surface area contributed by atoms with Gasteiger partial charge in [-0.05, 0) is 45.0 Å². The van der Waals surface area contributed by atoms with E-state index in [0.717, 1.165) is 0 Å². The van der Waals surface area contributed by atoms with Crippen molar-refractivity contribution in [1.29, 1.82) is 0 Å². The summed E-state index contributed by atoms with van der Waals surface area (Å²) in [6.45, 7) is 1.97. The first kappa shape index (κ1) is 22.5. The molecule has 2 N–H and O–H groups in total. The zero-order valence-electron chi connectivity index (χ0n) is 14.7. The number of alkyl halides is 3. The molecule has 9 heteroatoms. The first-order valence-electron chi connectivity index (χ1n) is 8.08. The molecule has 0 atom stereocenters. The van der Waals surface area contributed by atoms with E-state index in [2.05, 4.69) is 10.6 Å². The van der Waals surface area contributed by atoms with Gasteiger partial charge in [0.1, 0.15) is 5.75 Å². The molecule has 0 spiro atoms. The SMILES string of the molecule is COCC1(C(=O)Nc2cccc(OCC(F)(F)F)c2C)CCNCC1.Cl. The van der Waals surface area contributed by atoms with Crippen molar-refractivity contribution in [2.75, 3.05) is 38.7 Å². The Labute approximate surface area is 157 Å². The molecule has 5 nitrogen and oxygen atoms in total. The van der Waals surface area contributed by atoms with Gasteiger partial charge in [0.25, 0.3) is 0 Å². The normalized spacial score (nSPS) is 16.5. The number of carbonyl (C=O) groups is 1. The van der Waals surface area contributed by atoms with Crippen LogP contribution in [0.2, 0.25) is 0 Å². The van der Waals surface area contributed by atoms with Gasteiger partial charge >= 0.3 is 6.18 Å². The standard InChI is InChI=1S/C17H23F3N2O3.ClH/c1-12-13(4-3-5-14(12)25-11-17(18,19)20)22-15(23)16(10-24-2)6-8-21-9-7-16;/h3-5,21H,6-11H2,1-2H3,(H,22,23);1H. The van der Waals surface area contributed by atoms with Gasteiger partial charge in [-0.2, -0.15) is 13.2 Å². The Morgan fingerprint density at radius 1 is 1.31 bits per heavy atom. The van der Waals surface area contributed by atoms with Gasteiger partial charge in [-0.15, -0.1) is 12.4 Å². The van der Waals surface area contributed by atoms with Crippen molar-refractivity contribution in [1.82, 2.24) is 5.32 Å². The fourth-order valence-corrected chi connectivity index (χ4v) is 2.94. The van der Waals surface area contributed by atoms with Crippen LogP contribution in [0.25, 0.3) is 0 Å². The minimum atomic E-state index is -4.41. The fourth-order valence-electron chi connectivity index (χ4n) is 2.94. The van der Waals surface area contributed by atoms with Gasteiger partial charge in [-0.1, -0.05) is 6.07 Å². The molecule has 0 bridgehead atoms. The lowest BCUT2D eigenvalue weighted by Crippen LogP contribution is -2.47. The van der Waals surface area contributed by atoms with Crippen molar-refractivity contribution in [3.8, 4) is 5.75 Å². The summed E-state index contributed by atoms with van der Waals surface area (Å²) in [6, 6.07) is 4.65. The topological polar surface area (TPSA) is 59.6 Å². The van der Waals surface area contributed by atoms with E-state index >= 15 is 0 Å². The van der Waals surface area contributed by atoms with E-state index in [9.17, 15) is 18.0 Å². The first-order chi connectivity index (χ1) is 11.8. The number of piperidine rings is 1. The molecule has 1 aliphatic heterocycles. The Kier molecular flexibility index (Phi) is 8.17. The summed E-state index contributed by atoms with van der Waals surface area (Å²) >= 11 is 0. The van der Waals surface area contributed by atoms with Crippen LogP contribution in [0.1, 0.15) is 18.4 Å². The van der Waals surface area contributed by atoms with Crippen molar-refractivity contribution in [3.05, 3.63) is 23.8 Å². The summed E-state index contributed by atoms with van der Waals surface area (Å²) in [5, 5.41) is 6.04. The van der Waals surface area contributed by atoms with Crippen LogP contribution in [0.3, 0.4) is 0 Å². The molecule has 1 heterocycles. The van der Waals surface area contributed by atoms with Crippen LogP contribution in [0.4, 0.5) is 18.9 Å². The predicted octanol–water partition coefficient (Wildman–Crippen LogP) is 3.31. The summed E-state index contributed by atoms with van der Waals surface area (Å²) in [6.07, 6.45) is -3.14. The Morgan fingerprint density at radius 3 is 2.54 bits per heavy atom. The number of ether oxygens (including phenoxy) is 2. The maximum absolute atomic E-state index is 12.8. The van der Waals surface area contributed by atoms with E-state index in [1.165, 1.54) is 6.07 Å². The highest BCUT2D eigenvalue weighted by Gasteiger charge is 2.40. The summed E-state index contributed by atoms with van der Waals surface area (Å²) in [5.41, 5.74) is 0.259. The van der Waals surface area contributed by atoms with Gasteiger partial charge in [0.2, 0.25) is 5.91 Å². The number of nitrogens with one attached hydrogen (secondary N) is 2. The monoisotopic (exact) mass is 396 g/mol. The number of amides is 1. The quantitative estimate of drug-likeness (QED) is 0.774. The molecule has 1 fully saturated rings. The Hall–Kier alpha value is -1.51. The Bertz CT molecular complexity index is 600. The van der Waals surface area contributed by atoms with Crippen molar-refractivity contribution in [3.63, 3.8) is 0 Å². The van der Waals surface area contributed by atoms with E-state index in [1.54, 1.807) is 26.2 Å². The average Bonchev–Trinajstić information content (AvgIpc) is 2.56. The highest BCUT2D eigenvalue weighted by Crippen LogP contribution is 2.33.